The van der Waals surface area contributed by atoms with Crippen LogP contribution in [0.2, 0.25) is 10.3 Å². The third kappa shape index (κ3) is 4.21. The zero-order valence-corrected chi connectivity index (χ0v) is 19.4. The van der Waals surface area contributed by atoms with Crippen molar-refractivity contribution in [3.05, 3.63) is 87.2 Å². The van der Waals surface area contributed by atoms with Gasteiger partial charge in [-0.1, -0.05) is 29.8 Å². The Morgan fingerprint density at radius 3 is 2.76 bits per heavy atom. The van der Waals surface area contributed by atoms with E-state index in [-0.39, 0.29) is 17.6 Å². The maximum absolute atomic E-state index is 14.6. The average Bonchev–Trinajstić information content (AvgIpc) is 3.19. The highest BCUT2D eigenvalue weighted by molar-refractivity contribution is 6.31. The maximum atomic E-state index is 14.6. The van der Waals surface area contributed by atoms with Crippen LogP contribution in [0.5, 0.6) is 0 Å². The molecule has 1 N–H and O–H groups in total. The molecule has 0 saturated carbocycles. The summed E-state index contributed by atoms with van der Waals surface area (Å²) in [7, 11) is 0. The van der Waals surface area contributed by atoms with Crippen molar-refractivity contribution in [2.45, 2.75) is 26.9 Å². The van der Waals surface area contributed by atoms with E-state index in [1.165, 1.54) is 0 Å². The lowest BCUT2D eigenvalue weighted by Gasteiger charge is -2.10. The molecule has 2 aromatic carbocycles. The minimum absolute atomic E-state index is 0.0519. The van der Waals surface area contributed by atoms with Crippen LogP contribution < -0.4 is 5.32 Å². The van der Waals surface area contributed by atoms with Gasteiger partial charge in [-0.3, -0.25) is 9.67 Å². The average molecular weight is 481 g/mol. The molecule has 0 unspecified atom stereocenters. The van der Waals surface area contributed by atoms with Crippen LogP contribution in [-0.2, 0) is 13.1 Å². The number of nitrogens with one attached hydrogen (secondary N) is 1. The van der Waals surface area contributed by atoms with Gasteiger partial charge in [0, 0.05) is 34.9 Å². The van der Waals surface area contributed by atoms with E-state index in [0.29, 0.717) is 39.5 Å². The van der Waals surface area contributed by atoms with E-state index in [1.807, 2.05) is 31.5 Å². The first-order valence-corrected chi connectivity index (χ1v) is 11.1. The molecule has 3 aromatic heterocycles. The summed E-state index contributed by atoms with van der Waals surface area (Å²) in [6, 6.07) is 11.5. The number of aryl methyl sites for hydroxylation is 2. The van der Waals surface area contributed by atoms with Crippen LogP contribution in [0, 0.1) is 19.7 Å². The van der Waals surface area contributed by atoms with Crippen molar-refractivity contribution in [2.24, 2.45) is 0 Å². The van der Waals surface area contributed by atoms with Crippen LogP contribution in [0.4, 0.5) is 10.2 Å². The molecule has 6 nitrogen and oxygen atoms in total. The lowest BCUT2D eigenvalue weighted by Crippen LogP contribution is -2.06. The molecule has 0 aliphatic rings. The van der Waals surface area contributed by atoms with E-state index >= 15 is 0 Å². The summed E-state index contributed by atoms with van der Waals surface area (Å²) in [4.78, 5) is 13.0. The fourth-order valence-electron chi connectivity index (χ4n) is 3.82. The number of benzene rings is 2. The van der Waals surface area contributed by atoms with E-state index < -0.39 is 0 Å². The van der Waals surface area contributed by atoms with Crippen molar-refractivity contribution in [3.8, 4) is 0 Å². The molecule has 0 fully saturated rings. The topological polar surface area (TPSA) is 68.5 Å². The predicted octanol–water partition coefficient (Wildman–Crippen LogP) is 6.10. The van der Waals surface area contributed by atoms with Gasteiger partial charge in [0.05, 0.1) is 17.4 Å². The highest BCUT2D eigenvalue weighted by atomic mass is 35.5. The molecule has 0 spiro atoms. The van der Waals surface area contributed by atoms with Gasteiger partial charge in [-0.25, -0.2) is 4.39 Å². The summed E-state index contributed by atoms with van der Waals surface area (Å²) >= 11 is 12.3. The van der Waals surface area contributed by atoms with Crippen LogP contribution in [0.25, 0.3) is 21.9 Å². The van der Waals surface area contributed by atoms with Gasteiger partial charge in [0.2, 0.25) is 5.28 Å². The van der Waals surface area contributed by atoms with Crippen LogP contribution in [-0.4, -0.2) is 24.7 Å². The maximum Gasteiger partial charge on any atom is 0.226 e. The third-order valence-corrected chi connectivity index (χ3v) is 6.02. The normalized spacial score (nSPS) is 11.4. The van der Waals surface area contributed by atoms with Gasteiger partial charge in [0.25, 0.3) is 0 Å². The highest BCUT2D eigenvalue weighted by Crippen LogP contribution is 2.26. The molecule has 5 rings (SSSR count). The smallest absolute Gasteiger partial charge is 0.226 e. The summed E-state index contributed by atoms with van der Waals surface area (Å²) in [5, 5.41) is 9.88. The van der Waals surface area contributed by atoms with Gasteiger partial charge >= 0.3 is 0 Å². The molecule has 0 amide bonds. The lowest BCUT2D eigenvalue weighted by atomic mass is 10.1. The number of anilines is 1. The van der Waals surface area contributed by atoms with Gasteiger partial charge in [-0.15, -0.1) is 0 Å². The van der Waals surface area contributed by atoms with Crippen molar-refractivity contribution in [3.63, 3.8) is 0 Å². The Bertz CT molecular complexity index is 1510. The van der Waals surface area contributed by atoms with E-state index in [4.69, 9.17) is 23.2 Å². The van der Waals surface area contributed by atoms with Crippen molar-refractivity contribution in [2.75, 3.05) is 5.32 Å². The summed E-state index contributed by atoms with van der Waals surface area (Å²) in [6.45, 7) is 4.38. The van der Waals surface area contributed by atoms with Crippen molar-refractivity contribution in [1.82, 2.24) is 24.7 Å². The molecular formula is C24H19Cl2FN6. The lowest BCUT2D eigenvalue weighted by molar-refractivity contribution is 0.604. The fraction of sp³-hybridized carbons (Fsp3) is 0.167. The molecule has 0 saturated heterocycles. The number of pyridine rings is 1. The van der Waals surface area contributed by atoms with E-state index in [1.54, 1.807) is 23.7 Å². The Morgan fingerprint density at radius 1 is 1.06 bits per heavy atom. The number of fused-ring (bicyclic) bond motifs is 2. The SMILES string of the molecule is Cc1cnc2cccc(Cn3cc4c(NCc5c(Cl)ccc(C)c5F)nc(Cl)nc4n3)c2c1. The van der Waals surface area contributed by atoms with Gasteiger partial charge in [-0.05, 0) is 60.3 Å². The second-order valence-electron chi connectivity index (χ2n) is 7.91. The van der Waals surface area contributed by atoms with E-state index in [0.717, 1.165) is 22.0 Å². The van der Waals surface area contributed by atoms with Gasteiger partial charge < -0.3 is 5.32 Å². The molecule has 0 radical (unpaired) electrons. The van der Waals surface area contributed by atoms with Gasteiger partial charge in [0.1, 0.15) is 11.6 Å². The second-order valence-corrected chi connectivity index (χ2v) is 8.66. The summed E-state index contributed by atoms with van der Waals surface area (Å²) in [6.07, 6.45) is 3.71. The summed E-state index contributed by atoms with van der Waals surface area (Å²) in [5.74, 6) is 0.116. The molecule has 9 heteroatoms. The minimum atomic E-state index is -0.345. The van der Waals surface area contributed by atoms with Gasteiger partial charge in [-0.2, -0.15) is 15.1 Å². The largest absolute Gasteiger partial charge is 0.365 e. The molecule has 0 aliphatic carbocycles. The highest BCUT2D eigenvalue weighted by Gasteiger charge is 2.15. The predicted molar refractivity (Wildman–Crippen MR) is 129 cm³/mol. The van der Waals surface area contributed by atoms with Crippen LogP contribution >= 0.6 is 23.2 Å². The molecule has 0 bridgehead atoms. The van der Waals surface area contributed by atoms with Crippen LogP contribution in [0.3, 0.4) is 0 Å². The number of rotatable bonds is 5. The van der Waals surface area contributed by atoms with Crippen LogP contribution in [0.1, 0.15) is 22.3 Å². The Morgan fingerprint density at radius 2 is 1.91 bits per heavy atom. The molecule has 5 aromatic rings. The van der Waals surface area contributed by atoms with Crippen molar-refractivity contribution < 1.29 is 4.39 Å². The van der Waals surface area contributed by atoms with Crippen LogP contribution in [0.15, 0.2) is 48.8 Å². The molecule has 33 heavy (non-hydrogen) atoms. The second kappa shape index (κ2) is 8.57. The zero-order chi connectivity index (χ0) is 23.1. The Balaban J connectivity index is 1.49. The zero-order valence-electron chi connectivity index (χ0n) is 17.9. The quantitative estimate of drug-likeness (QED) is 0.308. The Labute approximate surface area is 199 Å². The minimum Gasteiger partial charge on any atom is -0.365 e. The number of hydrogen-bond donors (Lipinski definition) is 1. The van der Waals surface area contributed by atoms with E-state index in [2.05, 4.69) is 37.5 Å². The summed E-state index contributed by atoms with van der Waals surface area (Å²) in [5.41, 5.74) is 4.44. The first kappa shape index (κ1) is 21.6. The van der Waals surface area contributed by atoms with Gasteiger partial charge in [0.15, 0.2) is 5.65 Å². The Hall–Kier alpha value is -3.29. The number of nitrogens with zero attached hydrogens (tertiary/aromatic N) is 5. The number of halogens is 3. The molecule has 0 aliphatic heterocycles. The third-order valence-electron chi connectivity index (χ3n) is 5.50. The molecule has 166 valence electrons. The van der Waals surface area contributed by atoms with E-state index in [9.17, 15) is 4.39 Å². The number of aromatic nitrogens is 5. The first-order valence-electron chi connectivity index (χ1n) is 10.3. The Kier molecular flexibility index (Phi) is 5.60. The molecular weight excluding hydrogens is 462 g/mol. The fourth-order valence-corrected chi connectivity index (χ4v) is 4.20. The number of hydrogen-bond acceptors (Lipinski definition) is 5. The summed E-state index contributed by atoms with van der Waals surface area (Å²) < 4.78 is 16.3. The monoisotopic (exact) mass is 480 g/mol. The van der Waals surface area contributed by atoms with Crippen molar-refractivity contribution in [1.29, 1.82) is 0 Å². The van der Waals surface area contributed by atoms with Crippen molar-refractivity contribution >= 4 is 51.0 Å². The first-order chi connectivity index (χ1) is 15.9. The molecule has 0 atom stereocenters. The molecule has 3 heterocycles. The standard InChI is InChI=1S/C24H19Cl2FN6/c1-13-8-16-15(4-3-5-20(16)28-9-13)11-33-12-18-22(30-24(26)31-23(18)32-33)29-10-17-19(25)7-6-14(2)21(17)27/h3-9,12H,10-11H2,1-2H3,(H,29,30,31,32).